The predicted molar refractivity (Wildman–Crippen MR) is 78.3 cm³/mol. The largest absolute Gasteiger partial charge is 0.492 e. The average molecular weight is 262 g/mol. The molecule has 1 N–H and O–H groups in total. The molecule has 2 unspecified atom stereocenters. The van der Waals surface area contributed by atoms with E-state index in [1.165, 1.54) is 12.0 Å². The van der Waals surface area contributed by atoms with Crippen molar-refractivity contribution in [1.82, 2.24) is 10.3 Å². The molecule has 0 amide bonds. The minimum absolute atomic E-state index is 0.401. The van der Waals surface area contributed by atoms with Crippen molar-refractivity contribution in [2.24, 2.45) is 11.3 Å². The average Bonchev–Trinajstić information content (AvgIpc) is 3.02. The van der Waals surface area contributed by atoms with Crippen LogP contribution in [0.5, 0.6) is 5.75 Å². The third kappa shape index (κ3) is 3.47. The van der Waals surface area contributed by atoms with Gasteiger partial charge in [-0.05, 0) is 42.3 Å². The molecule has 0 saturated heterocycles. The zero-order valence-electron chi connectivity index (χ0n) is 12.6. The number of rotatable bonds is 7. The fraction of sp³-hybridized carbons (Fsp3) is 0.688. The van der Waals surface area contributed by atoms with E-state index in [1.54, 1.807) is 6.20 Å². The van der Waals surface area contributed by atoms with E-state index in [-0.39, 0.29) is 0 Å². The van der Waals surface area contributed by atoms with Gasteiger partial charge in [0.15, 0.2) is 0 Å². The minimum Gasteiger partial charge on any atom is -0.492 e. The topological polar surface area (TPSA) is 34.1 Å². The first-order chi connectivity index (χ1) is 9.08. The SMILES string of the molecule is CCCOc1cncc(C(NCC)C2CC2(C)C)c1. The summed E-state index contributed by atoms with van der Waals surface area (Å²) >= 11 is 0. The van der Waals surface area contributed by atoms with E-state index in [1.807, 2.05) is 6.20 Å². The Balaban J connectivity index is 2.13. The Morgan fingerprint density at radius 3 is 2.74 bits per heavy atom. The summed E-state index contributed by atoms with van der Waals surface area (Å²) in [4.78, 5) is 4.33. The molecule has 0 aromatic carbocycles. The van der Waals surface area contributed by atoms with Crippen LogP contribution in [0.25, 0.3) is 0 Å². The van der Waals surface area contributed by atoms with Gasteiger partial charge in [-0.1, -0.05) is 27.7 Å². The monoisotopic (exact) mass is 262 g/mol. The Labute approximate surface area is 116 Å². The van der Waals surface area contributed by atoms with Gasteiger partial charge < -0.3 is 10.1 Å². The Morgan fingerprint density at radius 2 is 2.16 bits per heavy atom. The molecule has 3 nitrogen and oxygen atoms in total. The van der Waals surface area contributed by atoms with Crippen LogP contribution in [0.1, 0.15) is 52.1 Å². The second-order valence-corrected chi connectivity index (χ2v) is 6.14. The van der Waals surface area contributed by atoms with Crippen LogP contribution >= 0.6 is 0 Å². The Morgan fingerprint density at radius 1 is 1.42 bits per heavy atom. The zero-order chi connectivity index (χ0) is 13.9. The highest BCUT2D eigenvalue weighted by Crippen LogP contribution is 2.57. The van der Waals surface area contributed by atoms with E-state index < -0.39 is 0 Å². The summed E-state index contributed by atoms with van der Waals surface area (Å²) in [5.41, 5.74) is 1.71. The lowest BCUT2D eigenvalue weighted by atomic mass is 9.98. The summed E-state index contributed by atoms with van der Waals surface area (Å²) in [6.07, 6.45) is 6.09. The summed E-state index contributed by atoms with van der Waals surface area (Å²) in [5, 5.41) is 3.60. The van der Waals surface area contributed by atoms with Gasteiger partial charge in [0.1, 0.15) is 5.75 Å². The second-order valence-electron chi connectivity index (χ2n) is 6.14. The van der Waals surface area contributed by atoms with Gasteiger partial charge in [-0.3, -0.25) is 4.98 Å². The first kappa shape index (κ1) is 14.3. The van der Waals surface area contributed by atoms with E-state index in [0.29, 0.717) is 17.4 Å². The molecule has 0 radical (unpaired) electrons. The Kier molecular flexibility index (Phi) is 4.46. The molecule has 3 heteroatoms. The van der Waals surface area contributed by atoms with Crippen molar-refractivity contribution in [3.63, 3.8) is 0 Å². The third-order valence-electron chi connectivity index (χ3n) is 3.98. The van der Waals surface area contributed by atoms with Crippen LogP contribution in [0.2, 0.25) is 0 Å². The molecule has 1 saturated carbocycles. The number of nitrogens with zero attached hydrogens (tertiary/aromatic N) is 1. The number of nitrogens with one attached hydrogen (secondary N) is 1. The molecule has 1 aromatic rings. The lowest BCUT2D eigenvalue weighted by Crippen LogP contribution is -2.24. The molecule has 106 valence electrons. The summed E-state index contributed by atoms with van der Waals surface area (Å²) in [5.74, 6) is 1.59. The second kappa shape index (κ2) is 5.91. The maximum Gasteiger partial charge on any atom is 0.137 e. The molecule has 2 atom stereocenters. The van der Waals surface area contributed by atoms with Crippen molar-refractivity contribution < 1.29 is 4.74 Å². The molecule has 0 bridgehead atoms. The van der Waals surface area contributed by atoms with Gasteiger partial charge in [0.05, 0.1) is 12.8 Å². The molecule has 1 aromatic heterocycles. The lowest BCUT2D eigenvalue weighted by molar-refractivity contribution is 0.314. The van der Waals surface area contributed by atoms with Crippen LogP contribution in [0.3, 0.4) is 0 Å². The first-order valence-electron chi connectivity index (χ1n) is 7.39. The van der Waals surface area contributed by atoms with Crippen molar-refractivity contribution in [3.8, 4) is 5.75 Å². The van der Waals surface area contributed by atoms with E-state index in [2.05, 4.69) is 44.1 Å². The fourth-order valence-electron chi connectivity index (χ4n) is 2.69. The first-order valence-corrected chi connectivity index (χ1v) is 7.39. The van der Waals surface area contributed by atoms with E-state index in [4.69, 9.17) is 4.74 Å². The van der Waals surface area contributed by atoms with Gasteiger partial charge in [0.25, 0.3) is 0 Å². The highest BCUT2D eigenvalue weighted by atomic mass is 16.5. The Bertz CT molecular complexity index is 417. The van der Waals surface area contributed by atoms with Crippen molar-refractivity contribution in [1.29, 1.82) is 0 Å². The van der Waals surface area contributed by atoms with Crippen LogP contribution in [-0.4, -0.2) is 18.1 Å². The van der Waals surface area contributed by atoms with Crippen LogP contribution < -0.4 is 10.1 Å². The highest BCUT2D eigenvalue weighted by Gasteiger charge is 2.50. The predicted octanol–water partition coefficient (Wildman–Crippen LogP) is 3.57. The molecule has 19 heavy (non-hydrogen) atoms. The molecule has 1 aliphatic rings. The van der Waals surface area contributed by atoms with Gasteiger partial charge in [-0.2, -0.15) is 0 Å². The molecule has 0 aliphatic heterocycles. The van der Waals surface area contributed by atoms with Crippen molar-refractivity contribution in [2.75, 3.05) is 13.2 Å². The standard InChI is InChI=1S/C16H26N2O/c1-5-7-19-13-8-12(10-17-11-13)15(18-6-2)14-9-16(14,3)4/h8,10-11,14-15,18H,5-7,9H2,1-4H3. The van der Waals surface area contributed by atoms with Gasteiger partial charge in [-0.25, -0.2) is 0 Å². The molecular formula is C16H26N2O. The van der Waals surface area contributed by atoms with E-state index in [9.17, 15) is 0 Å². The molecule has 1 heterocycles. The minimum atomic E-state index is 0.401. The number of pyridine rings is 1. The molecule has 1 aliphatic carbocycles. The highest BCUT2D eigenvalue weighted by molar-refractivity contribution is 5.28. The van der Waals surface area contributed by atoms with Crippen LogP contribution in [-0.2, 0) is 0 Å². The smallest absolute Gasteiger partial charge is 0.137 e. The quantitative estimate of drug-likeness (QED) is 0.815. The van der Waals surface area contributed by atoms with Crippen LogP contribution in [0.15, 0.2) is 18.5 Å². The van der Waals surface area contributed by atoms with E-state index >= 15 is 0 Å². The van der Waals surface area contributed by atoms with E-state index in [0.717, 1.165) is 25.3 Å². The van der Waals surface area contributed by atoms with Gasteiger partial charge in [0.2, 0.25) is 0 Å². The van der Waals surface area contributed by atoms with Gasteiger partial charge in [0, 0.05) is 12.2 Å². The normalized spacial score (nSPS) is 22.0. The summed E-state index contributed by atoms with van der Waals surface area (Å²) in [6, 6.07) is 2.54. The molecule has 2 rings (SSSR count). The maximum atomic E-state index is 5.69. The maximum absolute atomic E-state index is 5.69. The van der Waals surface area contributed by atoms with Crippen molar-refractivity contribution in [2.45, 2.75) is 46.6 Å². The fourth-order valence-corrected chi connectivity index (χ4v) is 2.69. The summed E-state index contributed by atoms with van der Waals surface area (Å²) < 4.78 is 5.69. The van der Waals surface area contributed by atoms with Gasteiger partial charge >= 0.3 is 0 Å². The van der Waals surface area contributed by atoms with Crippen molar-refractivity contribution >= 4 is 0 Å². The Hall–Kier alpha value is -1.09. The summed E-state index contributed by atoms with van der Waals surface area (Å²) in [7, 11) is 0. The lowest BCUT2D eigenvalue weighted by Gasteiger charge is -2.20. The zero-order valence-corrected chi connectivity index (χ0v) is 12.6. The molecule has 0 spiro atoms. The van der Waals surface area contributed by atoms with Crippen molar-refractivity contribution in [3.05, 3.63) is 24.0 Å². The third-order valence-corrected chi connectivity index (χ3v) is 3.98. The van der Waals surface area contributed by atoms with Gasteiger partial charge in [-0.15, -0.1) is 0 Å². The summed E-state index contributed by atoms with van der Waals surface area (Å²) in [6.45, 7) is 10.7. The number of aromatic nitrogens is 1. The number of hydrogen-bond acceptors (Lipinski definition) is 3. The molecule has 1 fully saturated rings. The molecular weight excluding hydrogens is 236 g/mol. The van der Waals surface area contributed by atoms with Crippen LogP contribution in [0, 0.1) is 11.3 Å². The number of hydrogen-bond donors (Lipinski definition) is 1. The van der Waals surface area contributed by atoms with Crippen LogP contribution in [0.4, 0.5) is 0 Å². The number of ether oxygens (including phenoxy) is 1.